The topological polar surface area (TPSA) is 99.8 Å². The molecular formula is C20H24N4O4. The number of benzene rings is 2. The van der Waals surface area contributed by atoms with Gasteiger partial charge in [-0.05, 0) is 43.4 Å². The fourth-order valence-electron chi connectivity index (χ4n) is 2.50. The number of methoxy groups -OCH3 is 1. The highest BCUT2D eigenvalue weighted by Crippen LogP contribution is 2.16. The van der Waals surface area contributed by atoms with Gasteiger partial charge >= 0.3 is 0 Å². The number of likely N-dealkylation sites (N-methyl/N-ethyl adjacent to an activating group) is 1. The van der Waals surface area contributed by atoms with Gasteiger partial charge in [0.2, 0.25) is 11.8 Å². The molecular weight excluding hydrogens is 360 g/mol. The summed E-state index contributed by atoms with van der Waals surface area (Å²) in [5.74, 6) is -0.0458. The van der Waals surface area contributed by atoms with E-state index in [1.165, 1.54) is 0 Å². The third-order valence-electron chi connectivity index (χ3n) is 3.84. The predicted molar refractivity (Wildman–Crippen MR) is 108 cm³/mol. The molecule has 0 aromatic heterocycles. The SMILES string of the molecule is CNC(=O)c1ccc(NC(=O)CN(C)CC(=O)Nc2cccc(OC)c2)cc1. The zero-order valence-electron chi connectivity index (χ0n) is 16.1. The number of hydrogen-bond acceptors (Lipinski definition) is 5. The fraction of sp³-hybridized carbons (Fsp3) is 0.250. The minimum absolute atomic E-state index is 0.0444. The van der Waals surface area contributed by atoms with E-state index in [-0.39, 0.29) is 30.8 Å². The molecule has 2 aromatic rings. The number of ether oxygens (including phenoxy) is 1. The zero-order valence-corrected chi connectivity index (χ0v) is 16.1. The van der Waals surface area contributed by atoms with Crippen LogP contribution in [0.25, 0.3) is 0 Å². The van der Waals surface area contributed by atoms with E-state index in [0.717, 1.165) is 0 Å². The Bertz CT molecular complexity index is 836. The van der Waals surface area contributed by atoms with E-state index in [0.29, 0.717) is 22.7 Å². The normalized spacial score (nSPS) is 10.3. The average molecular weight is 384 g/mol. The summed E-state index contributed by atoms with van der Waals surface area (Å²) in [4.78, 5) is 37.4. The second kappa shape index (κ2) is 10.1. The molecule has 8 heteroatoms. The summed E-state index contributed by atoms with van der Waals surface area (Å²) in [6.45, 7) is 0.100. The number of hydrogen-bond donors (Lipinski definition) is 3. The van der Waals surface area contributed by atoms with Crippen LogP contribution in [0.2, 0.25) is 0 Å². The first kappa shape index (κ1) is 20.9. The summed E-state index contributed by atoms with van der Waals surface area (Å²) in [6, 6.07) is 13.6. The van der Waals surface area contributed by atoms with Gasteiger partial charge < -0.3 is 20.7 Å². The lowest BCUT2D eigenvalue weighted by Gasteiger charge is -2.16. The van der Waals surface area contributed by atoms with E-state index in [1.807, 2.05) is 0 Å². The van der Waals surface area contributed by atoms with Crippen LogP contribution in [0.5, 0.6) is 5.75 Å². The molecule has 0 aliphatic rings. The predicted octanol–water partition coefficient (Wildman–Crippen LogP) is 1.56. The van der Waals surface area contributed by atoms with Gasteiger partial charge in [-0.2, -0.15) is 0 Å². The summed E-state index contributed by atoms with van der Waals surface area (Å²) < 4.78 is 5.12. The number of carbonyl (C=O) groups excluding carboxylic acids is 3. The highest BCUT2D eigenvalue weighted by Gasteiger charge is 2.12. The number of nitrogens with one attached hydrogen (secondary N) is 3. The van der Waals surface area contributed by atoms with Gasteiger partial charge in [0.25, 0.3) is 5.91 Å². The number of carbonyl (C=O) groups is 3. The van der Waals surface area contributed by atoms with Gasteiger partial charge in [-0.25, -0.2) is 0 Å². The van der Waals surface area contributed by atoms with Gasteiger partial charge in [0.15, 0.2) is 0 Å². The zero-order chi connectivity index (χ0) is 20.5. The second-order valence-electron chi connectivity index (χ2n) is 6.16. The van der Waals surface area contributed by atoms with E-state index in [1.54, 1.807) is 74.6 Å². The van der Waals surface area contributed by atoms with Gasteiger partial charge in [-0.15, -0.1) is 0 Å². The number of anilines is 2. The first-order valence-electron chi connectivity index (χ1n) is 8.65. The van der Waals surface area contributed by atoms with E-state index in [9.17, 15) is 14.4 Å². The summed E-state index contributed by atoms with van der Waals surface area (Å²) >= 11 is 0. The Kier molecular flexibility index (Phi) is 7.53. The summed E-state index contributed by atoms with van der Waals surface area (Å²) in [7, 11) is 4.79. The Labute approximate surface area is 163 Å². The van der Waals surface area contributed by atoms with Crippen molar-refractivity contribution in [3.05, 3.63) is 54.1 Å². The van der Waals surface area contributed by atoms with Crippen molar-refractivity contribution in [2.24, 2.45) is 0 Å². The lowest BCUT2D eigenvalue weighted by Crippen LogP contribution is -2.36. The number of rotatable bonds is 8. The molecule has 0 aliphatic heterocycles. The number of nitrogens with zero attached hydrogens (tertiary/aromatic N) is 1. The Morgan fingerprint density at radius 3 is 2.11 bits per heavy atom. The number of amides is 3. The quantitative estimate of drug-likeness (QED) is 0.641. The van der Waals surface area contributed by atoms with E-state index in [2.05, 4.69) is 16.0 Å². The van der Waals surface area contributed by atoms with Crippen LogP contribution in [0.15, 0.2) is 48.5 Å². The lowest BCUT2D eigenvalue weighted by molar-refractivity contribution is -0.119. The van der Waals surface area contributed by atoms with Crippen molar-refractivity contribution >= 4 is 29.1 Å². The highest BCUT2D eigenvalue weighted by molar-refractivity contribution is 5.96. The largest absolute Gasteiger partial charge is 0.497 e. The molecule has 0 heterocycles. The smallest absolute Gasteiger partial charge is 0.251 e. The molecule has 8 nitrogen and oxygen atoms in total. The van der Waals surface area contributed by atoms with Gasteiger partial charge in [0, 0.05) is 30.1 Å². The van der Waals surface area contributed by atoms with Crippen LogP contribution in [0.3, 0.4) is 0 Å². The van der Waals surface area contributed by atoms with E-state index in [4.69, 9.17) is 4.74 Å². The molecule has 0 saturated carbocycles. The Morgan fingerprint density at radius 1 is 0.929 bits per heavy atom. The molecule has 0 bridgehead atoms. The van der Waals surface area contributed by atoms with Gasteiger partial charge in [0.05, 0.1) is 20.2 Å². The van der Waals surface area contributed by atoms with Crippen LogP contribution >= 0.6 is 0 Å². The van der Waals surface area contributed by atoms with Crippen LogP contribution in [-0.2, 0) is 9.59 Å². The van der Waals surface area contributed by atoms with Crippen LogP contribution < -0.4 is 20.7 Å². The molecule has 2 aromatic carbocycles. The lowest BCUT2D eigenvalue weighted by atomic mass is 10.2. The minimum atomic E-state index is -0.260. The van der Waals surface area contributed by atoms with Gasteiger partial charge in [-0.1, -0.05) is 6.07 Å². The second-order valence-corrected chi connectivity index (χ2v) is 6.16. The van der Waals surface area contributed by atoms with Crippen molar-refractivity contribution in [3.63, 3.8) is 0 Å². The molecule has 0 fully saturated rings. The van der Waals surface area contributed by atoms with Crippen molar-refractivity contribution in [2.75, 3.05) is 44.9 Å². The maximum Gasteiger partial charge on any atom is 0.251 e. The van der Waals surface area contributed by atoms with Crippen molar-refractivity contribution in [1.29, 1.82) is 0 Å². The van der Waals surface area contributed by atoms with Gasteiger partial charge in [-0.3, -0.25) is 19.3 Å². The third kappa shape index (κ3) is 6.40. The molecule has 0 radical (unpaired) electrons. The van der Waals surface area contributed by atoms with Crippen LogP contribution in [0.4, 0.5) is 11.4 Å². The molecule has 0 atom stereocenters. The standard InChI is InChI=1S/C20H24N4O4/c1-21-20(27)14-7-9-15(10-8-14)22-18(25)12-24(2)13-19(26)23-16-5-4-6-17(11-16)28-3/h4-11H,12-13H2,1-3H3,(H,21,27)(H,22,25)(H,23,26). The summed E-state index contributed by atoms with van der Waals surface area (Å²) in [5.41, 5.74) is 1.71. The Hall–Kier alpha value is -3.39. The van der Waals surface area contributed by atoms with Crippen LogP contribution in [0.1, 0.15) is 10.4 Å². The average Bonchev–Trinajstić information content (AvgIpc) is 2.67. The first-order valence-corrected chi connectivity index (χ1v) is 8.65. The van der Waals surface area contributed by atoms with Gasteiger partial charge in [0.1, 0.15) is 5.75 Å². The van der Waals surface area contributed by atoms with Crippen molar-refractivity contribution in [3.8, 4) is 5.75 Å². The summed E-state index contributed by atoms with van der Waals surface area (Å²) in [5, 5.41) is 8.03. The molecule has 0 aliphatic carbocycles. The molecule has 2 rings (SSSR count). The Balaban J connectivity index is 1.81. The maximum absolute atomic E-state index is 12.1. The van der Waals surface area contributed by atoms with E-state index < -0.39 is 0 Å². The first-order chi connectivity index (χ1) is 13.4. The molecule has 0 unspecified atom stereocenters. The maximum atomic E-state index is 12.1. The van der Waals surface area contributed by atoms with E-state index >= 15 is 0 Å². The molecule has 28 heavy (non-hydrogen) atoms. The molecule has 3 N–H and O–H groups in total. The Morgan fingerprint density at radius 2 is 1.54 bits per heavy atom. The third-order valence-corrected chi connectivity index (χ3v) is 3.84. The molecule has 3 amide bonds. The summed E-state index contributed by atoms with van der Waals surface area (Å²) in [6.07, 6.45) is 0. The highest BCUT2D eigenvalue weighted by atomic mass is 16.5. The molecule has 0 spiro atoms. The fourth-order valence-corrected chi connectivity index (χ4v) is 2.50. The minimum Gasteiger partial charge on any atom is -0.497 e. The molecule has 0 saturated heterocycles. The van der Waals surface area contributed by atoms with Crippen LogP contribution in [0, 0.1) is 0 Å². The molecule has 148 valence electrons. The van der Waals surface area contributed by atoms with Crippen molar-refractivity contribution in [2.45, 2.75) is 0 Å². The van der Waals surface area contributed by atoms with Crippen molar-refractivity contribution in [1.82, 2.24) is 10.2 Å². The monoisotopic (exact) mass is 384 g/mol. The van der Waals surface area contributed by atoms with Crippen molar-refractivity contribution < 1.29 is 19.1 Å². The van der Waals surface area contributed by atoms with Crippen LogP contribution in [-0.4, -0.2) is 56.9 Å².